The molecule has 0 bridgehead atoms. The maximum Gasteiger partial charge on any atom is 0.338 e. The first-order chi connectivity index (χ1) is 14.4. The van der Waals surface area contributed by atoms with E-state index in [-0.39, 0.29) is 0 Å². The van der Waals surface area contributed by atoms with Gasteiger partial charge in [-0.25, -0.2) is 10.2 Å². The molecule has 0 aliphatic heterocycles. The van der Waals surface area contributed by atoms with E-state index in [1.807, 2.05) is 0 Å². The number of urea groups is 1. The summed E-state index contributed by atoms with van der Waals surface area (Å²) in [6.07, 6.45) is 0. The number of hydrazine groups is 1. The second-order valence-electron chi connectivity index (χ2n) is 6.32. The maximum atomic E-state index is 13.0. The van der Waals surface area contributed by atoms with Crippen LogP contribution in [0.1, 0.15) is 11.1 Å². The summed E-state index contributed by atoms with van der Waals surface area (Å²) >= 11 is 5.95. The Balaban J connectivity index is 1.77. The number of hydrogen-bond acceptors (Lipinski definition) is 4. The molecule has 0 radical (unpaired) electrons. The lowest BCUT2D eigenvalue weighted by Gasteiger charge is -2.28. The summed E-state index contributed by atoms with van der Waals surface area (Å²) in [5, 5.41) is 14.3. The van der Waals surface area contributed by atoms with Crippen LogP contribution < -0.4 is 20.9 Å². The van der Waals surface area contributed by atoms with Crippen LogP contribution in [0.2, 0.25) is 5.02 Å². The van der Waals surface area contributed by atoms with E-state index in [2.05, 4.69) is 16.2 Å². The number of methoxy groups -OCH3 is 1. The number of carbonyl (C=O) groups is 2. The van der Waals surface area contributed by atoms with E-state index < -0.39 is 17.5 Å². The Kier molecular flexibility index (Phi) is 6.56. The molecule has 0 aliphatic rings. The van der Waals surface area contributed by atoms with Crippen LogP contribution in [-0.4, -0.2) is 24.2 Å². The molecule has 7 nitrogen and oxygen atoms in total. The van der Waals surface area contributed by atoms with Crippen LogP contribution in [0.25, 0.3) is 0 Å². The first kappa shape index (κ1) is 21.2. The fourth-order valence-electron chi connectivity index (χ4n) is 2.92. The molecular formula is C22H20ClN3O4. The normalized spacial score (nSPS) is 10.8. The number of halogens is 1. The molecular weight excluding hydrogens is 406 g/mol. The van der Waals surface area contributed by atoms with Crippen LogP contribution in [0, 0.1) is 0 Å². The van der Waals surface area contributed by atoms with Crippen molar-refractivity contribution in [3.8, 4) is 5.75 Å². The minimum absolute atomic E-state index is 0.318. The molecule has 0 spiro atoms. The number of carbonyl (C=O) groups excluding carboxylic acids is 2. The van der Waals surface area contributed by atoms with Crippen molar-refractivity contribution in [1.29, 1.82) is 0 Å². The molecule has 154 valence electrons. The van der Waals surface area contributed by atoms with Crippen molar-refractivity contribution in [1.82, 2.24) is 10.9 Å². The van der Waals surface area contributed by atoms with E-state index >= 15 is 0 Å². The van der Waals surface area contributed by atoms with Gasteiger partial charge in [-0.1, -0.05) is 72.3 Å². The Labute approximate surface area is 178 Å². The minimum atomic E-state index is -2.01. The average Bonchev–Trinajstić information content (AvgIpc) is 2.78. The highest BCUT2D eigenvalue weighted by Gasteiger charge is 2.40. The van der Waals surface area contributed by atoms with Crippen LogP contribution in [0.15, 0.2) is 78.9 Å². The van der Waals surface area contributed by atoms with Gasteiger partial charge in [0.15, 0.2) is 5.60 Å². The van der Waals surface area contributed by atoms with Gasteiger partial charge < -0.3 is 15.2 Å². The molecule has 0 fully saturated rings. The molecule has 30 heavy (non-hydrogen) atoms. The molecule has 4 N–H and O–H groups in total. The number of nitrogens with one attached hydrogen (secondary N) is 3. The molecule has 0 unspecified atom stereocenters. The lowest BCUT2D eigenvalue weighted by Crippen LogP contribution is -2.53. The van der Waals surface area contributed by atoms with E-state index in [9.17, 15) is 14.7 Å². The quantitative estimate of drug-likeness (QED) is 0.470. The Morgan fingerprint density at radius 3 is 2.00 bits per heavy atom. The van der Waals surface area contributed by atoms with Crippen LogP contribution in [0.5, 0.6) is 5.75 Å². The van der Waals surface area contributed by atoms with Gasteiger partial charge in [-0.2, -0.15) is 0 Å². The first-order valence-electron chi connectivity index (χ1n) is 8.99. The van der Waals surface area contributed by atoms with Crippen molar-refractivity contribution >= 4 is 29.2 Å². The molecule has 0 atom stereocenters. The van der Waals surface area contributed by atoms with Crippen molar-refractivity contribution in [3.63, 3.8) is 0 Å². The fourth-order valence-corrected chi connectivity index (χ4v) is 3.10. The maximum absolute atomic E-state index is 13.0. The predicted molar refractivity (Wildman–Crippen MR) is 114 cm³/mol. The molecule has 3 amide bonds. The van der Waals surface area contributed by atoms with Gasteiger partial charge in [-0.15, -0.1) is 0 Å². The van der Waals surface area contributed by atoms with Gasteiger partial charge >= 0.3 is 6.03 Å². The summed E-state index contributed by atoms with van der Waals surface area (Å²) in [6, 6.07) is 20.9. The second kappa shape index (κ2) is 9.30. The van der Waals surface area contributed by atoms with E-state index in [0.717, 1.165) is 0 Å². The topological polar surface area (TPSA) is 99.7 Å². The largest absolute Gasteiger partial charge is 0.495 e. The van der Waals surface area contributed by atoms with Crippen molar-refractivity contribution in [2.45, 2.75) is 5.60 Å². The SMILES string of the molecule is COc1ccc(Cl)cc1NC(=O)NNC(=O)C(O)(c1ccccc1)c1ccccc1. The summed E-state index contributed by atoms with van der Waals surface area (Å²) in [7, 11) is 1.45. The third kappa shape index (κ3) is 4.53. The zero-order valence-corrected chi connectivity index (χ0v) is 16.8. The number of ether oxygens (including phenoxy) is 1. The van der Waals surface area contributed by atoms with E-state index in [1.54, 1.807) is 72.8 Å². The highest BCUT2D eigenvalue weighted by atomic mass is 35.5. The Hall–Kier alpha value is -3.55. The van der Waals surface area contributed by atoms with Gasteiger partial charge in [0.1, 0.15) is 5.75 Å². The van der Waals surface area contributed by atoms with Crippen molar-refractivity contribution in [3.05, 3.63) is 95.0 Å². The average molecular weight is 426 g/mol. The van der Waals surface area contributed by atoms with Gasteiger partial charge in [0, 0.05) is 5.02 Å². The number of rotatable bonds is 5. The molecule has 0 saturated heterocycles. The molecule has 0 heterocycles. The van der Waals surface area contributed by atoms with Gasteiger partial charge in [0.25, 0.3) is 5.91 Å². The summed E-state index contributed by atoms with van der Waals surface area (Å²) < 4.78 is 5.17. The Morgan fingerprint density at radius 2 is 1.47 bits per heavy atom. The second-order valence-corrected chi connectivity index (χ2v) is 6.76. The fraction of sp³-hybridized carbons (Fsp3) is 0.0909. The monoisotopic (exact) mass is 425 g/mol. The highest BCUT2D eigenvalue weighted by molar-refractivity contribution is 6.31. The third-order valence-corrected chi connectivity index (χ3v) is 4.65. The molecule has 0 saturated carbocycles. The lowest BCUT2D eigenvalue weighted by atomic mass is 9.85. The van der Waals surface area contributed by atoms with E-state index in [4.69, 9.17) is 16.3 Å². The molecule has 0 aliphatic carbocycles. The number of aliphatic hydroxyl groups is 1. The molecule has 0 aromatic heterocycles. The minimum Gasteiger partial charge on any atom is -0.495 e. The number of hydrogen-bond donors (Lipinski definition) is 4. The summed E-state index contributed by atoms with van der Waals surface area (Å²) in [5.74, 6) is -0.431. The summed E-state index contributed by atoms with van der Waals surface area (Å²) in [6.45, 7) is 0. The summed E-state index contributed by atoms with van der Waals surface area (Å²) in [4.78, 5) is 25.2. The van der Waals surface area contributed by atoms with Crippen LogP contribution in [-0.2, 0) is 10.4 Å². The van der Waals surface area contributed by atoms with Gasteiger partial charge in [0.05, 0.1) is 12.8 Å². The Bertz CT molecular complexity index is 990. The number of amides is 3. The van der Waals surface area contributed by atoms with Crippen molar-refractivity contribution in [2.24, 2.45) is 0 Å². The number of benzene rings is 3. The van der Waals surface area contributed by atoms with Crippen LogP contribution >= 0.6 is 11.6 Å². The Morgan fingerprint density at radius 1 is 0.900 bits per heavy atom. The molecule has 3 rings (SSSR count). The zero-order valence-electron chi connectivity index (χ0n) is 16.1. The van der Waals surface area contributed by atoms with E-state index in [1.165, 1.54) is 13.2 Å². The van der Waals surface area contributed by atoms with Crippen molar-refractivity contribution in [2.75, 3.05) is 12.4 Å². The number of anilines is 1. The third-order valence-electron chi connectivity index (χ3n) is 4.41. The van der Waals surface area contributed by atoms with E-state index in [0.29, 0.717) is 27.6 Å². The molecule has 3 aromatic carbocycles. The predicted octanol–water partition coefficient (Wildman–Crippen LogP) is 3.44. The van der Waals surface area contributed by atoms with Gasteiger partial charge in [-0.05, 0) is 29.3 Å². The van der Waals surface area contributed by atoms with Crippen LogP contribution in [0.3, 0.4) is 0 Å². The van der Waals surface area contributed by atoms with Crippen LogP contribution in [0.4, 0.5) is 10.5 Å². The highest BCUT2D eigenvalue weighted by Crippen LogP contribution is 2.30. The zero-order chi connectivity index (χ0) is 21.6. The molecule has 8 heteroatoms. The lowest BCUT2D eigenvalue weighted by molar-refractivity contribution is -0.137. The smallest absolute Gasteiger partial charge is 0.338 e. The summed E-state index contributed by atoms with van der Waals surface area (Å²) in [5.41, 5.74) is 3.52. The van der Waals surface area contributed by atoms with Gasteiger partial charge in [-0.3, -0.25) is 10.2 Å². The molecule has 3 aromatic rings. The first-order valence-corrected chi connectivity index (χ1v) is 9.37. The van der Waals surface area contributed by atoms with Crippen molar-refractivity contribution < 1.29 is 19.4 Å². The standard InChI is InChI=1S/C22H20ClN3O4/c1-30-19-13-12-17(23)14-18(19)24-21(28)26-25-20(27)22(29,15-8-4-2-5-9-15)16-10-6-3-7-11-16/h2-14,29H,1H3,(H,25,27)(H2,24,26,28). The van der Waals surface area contributed by atoms with Gasteiger partial charge in [0.2, 0.25) is 0 Å².